The molecule has 0 spiro atoms. The highest BCUT2D eigenvalue weighted by Gasteiger charge is 2.37. The van der Waals surface area contributed by atoms with Crippen LogP contribution in [0.25, 0.3) is 10.8 Å². The molecule has 0 saturated carbocycles. The Morgan fingerprint density at radius 3 is 2.32 bits per heavy atom. The van der Waals surface area contributed by atoms with Gasteiger partial charge in [-0.15, -0.1) is 0 Å². The minimum Gasteiger partial charge on any atom is -0.497 e. The number of hydrogen-bond acceptors (Lipinski definition) is 7. The number of aliphatic carboxylic acids is 1. The first kappa shape index (κ1) is 30.0. The summed E-state index contributed by atoms with van der Waals surface area (Å²) in [6, 6.07) is 17.2. The van der Waals surface area contributed by atoms with E-state index in [0.29, 0.717) is 24.2 Å². The van der Waals surface area contributed by atoms with Crippen LogP contribution in [0.2, 0.25) is 0 Å². The van der Waals surface area contributed by atoms with Crippen molar-refractivity contribution < 1.29 is 37.9 Å². The van der Waals surface area contributed by atoms with E-state index in [1.165, 1.54) is 36.3 Å². The molecule has 1 atom stereocenters. The van der Waals surface area contributed by atoms with Gasteiger partial charge in [-0.05, 0) is 59.9 Å². The lowest BCUT2D eigenvalue weighted by Crippen LogP contribution is -2.51. The summed E-state index contributed by atoms with van der Waals surface area (Å²) in [5.41, 5.74) is 2.29. The van der Waals surface area contributed by atoms with Gasteiger partial charge < -0.3 is 14.7 Å². The SMILES string of the molecule is COc1ccc(S(=O)(=O)N(CCC(=O)N2CCC(C(=O)O)CC2)C(Cc2cccc3ccccc23)C(=O)NO)cc1. The Morgan fingerprint density at radius 1 is 1.02 bits per heavy atom. The van der Waals surface area contributed by atoms with Crippen molar-refractivity contribution in [2.24, 2.45) is 5.92 Å². The lowest BCUT2D eigenvalue weighted by Gasteiger charge is -2.32. The summed E-state index contributed by atoms with van der Waals surface area (Å²) >= 11 is 0. The third kappa shape index (κ3) is 6.84. The number of carboxylic acid groups (broad SMARTS) is 1. The van der Waals surface area contributed by atoms with Gasteiger partial charge in [-0.3, -0.25) is 19.6 Å². The van der Waals surface area contributed by atoms with Crippen molar-refractivity contribution in [3.8, 4) is 5.75 Å². The number of carboxylic acids is 1. The molecule has 1 aliphatic heterocycles. The second-order valence-electron chi connectivity index (χ2n) is 9.87. The number of fused-ring (bicyclic) bond motifs is 1. The molecule has 1 saturated heterocycles. The minimum absolute atomic E-state index is 0.0681. The van der Waals surface area contributed by atoms with Crippen LogP contribution >= 0.6 is 0 Å². The van der Waals surface area contributed by atoms with Gasteiger partial charge in [-0.25, -0.2) is 13.9 Å². The molecule has 3 aromatic carbocycles. The largest absolute Gasteiger partial charge is 0.497 e. The van der Waals surface area contributed by atoms with E-state index >= 15 is 0 Å². The van der Waals surface area contributed by atoms with Gasteiger partial charge in [0.15, 0.2) is 0 Å². The Hall–Kier alpha value is -4.00. The Morgan fingerprint density at radius 2 is 1.68 bits per heavy atom. The third-order valence-electron chi connectivity index (χ3n) is 7.46. The maximum Gasteiger partial charge on any atom is 0.306 e. The monoisotopic (exact) mass is 583 g/mol. The Bertz CT molecular complexity index is 1500. The fourth-order valence-electron chi connectivity index (χ4n) is 5.15. The molecule has 4 rings (SSSR count). The average molecular weight is 584 g/mol. The van der Waals surface area contributed by atoms with Gasteiger partial charge in [0.05, 0.1) is 17.9 Å². The summed E-state index contributed by atoms with van der Waals surface area (Å²) in [6.45, 7) is 0.157. The molecule has 3 aromatic rings. The number of amides is 2. The molecule has 1 unspecified atom stereocenters. The smallest absolute Gasteiger partial charge is 0.306 e. The van der Waals surface area contributed by atoms with Crippen molar-refractivity contribution in [1.29, 1.82) is 0 Å². The van der Waals surface area contributed by atoms with Gasteiger partial charge in [0.1, 0.15) is 11.8 Å². The lowest BCUT2D eigenvalue weighted by atomic mass is 9.97. The van der Waals surface area contributed by atoms with E-state index < -0.39 is 33.9 Å². The molecule has 0 aromatic heterocycles. The summed E-state index contributed by atoms with van der Waals surface area (Å²) in [5.74, 6) is -2.28. The van der Waals surface area contributed by atoms with Crippen LogP contribution in [-0.4, -0.2) is 78.5 Å². The maximum atomic E-state index is 14.0. The second-order valence-corrected chi connectivity index (χ2v) is 11.8. The van der Waals surface area contributed by atoms with Gasteiger partial charge >= 0.3 is 5.97 Å². The zero-order valence-corrected chi connectivity index (χ0v) is 23.4. The molecule has 3 N–H and O–H groups in total. The topological polar surface area (TPSA) is 154 Å². The molecule has 41 heavy (non-hydrogen) atoms. The van der Waals surface area contributed by atoms with Crippen molar-refractivity contribution in [1.82, 2.24) is 14.7 Å². The van der Waals surface area contributed by atoms with E-state index in [4.69, 9.17) is 4.74 Å². The van der Waals surface area contributed by atoms with Gasteiger partial charge in [0.25, 0.3) is 5.91 Å². The molecule has 11 nitrogen and oxygen atoms in total. The lowest BCUT2D eigenvalue weighted by molar-refractivity contribution is -0.145. The van der Waals surface area contributed by atoms with E-state index in [1.54, 1.807) is 17.6 Å². The minimum atomic E-state index is -4.34. The molecule has 1 aliphatic rings. The predicted octanol–water partition coefficient (Wildman–Crippen LogP) is 2.67. The molecule has 0 bridgehead atoms. The molecule has 218 valence electrons. The van der Waals surface area contributed by atoms with Crippen LogP contribution in [0.5, 0.6) is 5.75 Å². The van der Waals surface area contributed by atoms with E-state index in [1.807, 2.05) is 30.3 Å². The Balaban J connectivity index is 1.67. The zero-order valence-electron chi connectivity index (χ0n) is 22.6. The van der Waals surface area contributed by atoms with Crippen molar-refractivity contribution >= 4 is 38.6 Å². The molecule has 12 heteroatoms. The van der Waals surface area contributed by atoms with E-state index in [9.17, 15) is 33.1 Å². The maximum absolute atomic E-state index is 14.0. The van der Waals surface area contributed by atoms with Crippen LogP contribution in [0.3, 0.4) is 0 Å². The van der Waals surface area contributed by atoms with Gasteiger partial charge in [-0.1, -0.05) is 42.5 Å². The zero-order chi connectivity index (χ0) is 29.6. The number of nitrogens with one attached hydrogen (secondary N) is 1. The number of rotatable bonds is 11. The number of ether oxygens (including phenoxy) is 1. The first-order valence-corrected chi connectivity index (χ1v) is 14.7. The van der Waals surface area contributed by atoms with Crippen molar-refractivity contribution in [2.45, 2.75) is 36.6 Å². The van der Waals surface area contributed by atoms with Crippen molar-refractivity contribution in [3.05, 3.63) is 72.3 Å². The summed E-state index contributed by atoms with van der Waals surface area (Å²) in [6.07, 6.45) is 0.316. The van der Waals surface area contributed by atoms with Crippen LogP contribution in [0, 0.1) is 5.92 Å². The number of carbonyl (C=O) groups is 3. The number of methoxy groups -OCH3 is 1. The third-order valence-corrected chi connectivity index (χ3v) is 9.39. The van der Waals surface area contributed by atoms with Gasteiger partial charge in [0.2, 0.25) is 15.9 Å². The van der Waals surface area contributed by atoms with Crippen LogP contribution in [-0.2, 0) is 30.8 Å². The molecule has 0 aliphatic carbocycles. The van der Waals surface area contributed by atoms with Gasteiger partial charge in [0, 0.05) is 26.1 Å². The summed E-state index contributed by atoms with van der Waals surface area (Å²) in [4.78, 5) is 38.9. The number of sulfonamides is 1. The summed E-state index contributed by atoms with van der Waals surface area (Å²) in [5, 5.41) is 20.6. The Kier molecular flexibility index (Phi) is 9.58. The highest BCUT2D eigenvalue weighted by molar-refractivity contribution is 7.89. The quantitative estimate of drug-likeness (QED) is 0.230. The summed E-state index contributed by atoms with van der Waals surface area (Å²) in [7, 11) is -2.89. The molecular weight excluding hydrogens is 550 g/mol. The number of nitrogens with zero attached hydrogens (tertiary/aromatic N) is 2. The van der Waals surface area contributed by atoms with Crippen molar-refractivity contribution in [2.75, 3.05) is 26.7 Å². The fourth-order valence-corrected chi connectivity index (χ4v) is 6.73. The first-order valence-electron chi connectivity index (χ1n) is 13.2. The molecule has 1 heterocycles. The van der Waals surface area contributed by atoms with Crippen LogP contribution in [0.15, 0.2) is 71.6 Å². The molecule has 2 amide bonds. The highest BCUT2D eigenvalue weighted by Crippen LogP contribution is 2.27. The van der Waals surface area contributed by atoms with Crippen LogP contribution in [0.1, 0.15) is 24.8 Å². The highest BCUT2D eigenvalue weighted by atomic mass is 32.2. The Labute approximate surface area is 238 Å². The molecule has 1 fully saturated rings. The molecule has 0 radical (unpaired) electrons. The standard InChI is InChI=1S/C29H33N3O8S/c1-40-23-9-11-24(12-10-23)41(38,39)32(18-15-27(33)31-16-13-21(14-17-31)29(35)36)26(28(34)30-37)19-22-7-4-6-20-5-2-3-8-25(20)22/h2-12,21,26,37H,13-19H2,1H3,(H,30,34)(H,35,36). The first-order chi connectivity index (χ1) is 19.6. The number of benzene rings is 3. The fraction of sp³-hybridized carbons (Fsp3) is 0.345. The predicted molar refractivity (Wildman–Crippen MR) is 150 cm³/mol. The van der Waals surface area contributed by atoms with Crippen LogP contribution < -0.4 is 10.2 Å². The van der Waals surface area contributed by atoms with E-state index in [2.05, 4.69) is 0 Å². The number of piperidine rings is 1. The van der Waals surface area contributed by atoms with Gasteiger partial charge in [-0.2, -0.15) is 4.31 Å². The number of hydroxylamine groups is 1. The van der Waals surface area contributed by atoms with Crippen molar-refractivity contribution in [3.63, 3.8) is 0 Å². The number of hydrogen-bond donors (Lipinski definition) is 3. The average Bonchev–Trinajstić information content (AvgIpc) is 3.00. The molecular formula is C29H33N3O8S. The normalized spacial score (nSPS) is 15.0. The van der Waals surface area contributed by atoms with E-state index in [0.717, 1.165) is 15.1 Å². The number of carbonyl (C=O) groups excluding carboxylic acids is 2. The van der Waals surface area contributed by atoms with Crippen LogP contribution in [0.4, 0.5) is 0 Å². The number of likely N-dealkylation sites (tertiary alicyclic amines) is 1. The second kappa shape index (κ2) is 13.1. The van der Waals surface area contributed by atoms with E-state index in [-0.39, 0.29) is 43.3 Å². The summed E-state index contributed by atoms with van der Waals surface area (Å²) < 4.78 is 34.1.